The Bertz CT molecular complexity index is 1280. The second kappa shape index (κ2) is 12.7. The van der Waals surface area contributed by atoms with E-state index in [0.29, 0.717) is 6.42 Å². The lowest BCUT2D eigenvalue weighted by molar-refractivity contribution is -0.138. The molecule has 2 aromatic carbocycles. The summed E-state index contributed by atoms with van der Waals surface area (Å²) in [5, 5.41) is 19.1. The van der Waals surface area contributed by atoms with E-state index < -0.39 is 11.9 Å². The van der Waals surface area contributed by atoms with E-state index in [4.69, 9.17) is 9.47 Å². The molecule has 0 radical (unpaired) electrons. The van der Waals surface area contributed by atoms with Crippen LogP contribution >= 0.6 is 0 Å². The Balaban J connectivity index is 2.69. The minimum Gasteiger partial charge on any atom is -0.462 e. The molecule has 0 unspecified atom stereocenters. The summed E-state index contributed by atoms with van der Waals surface area (Å²) in [7, 11) is 0. The first-order valence-corrected chi connectivity index (χ1v) is 12.3. The van der Waals surface area contributed by atoms with Gasteiger partial charge in [0.05, 0.1) is 13.2 Å². The second-order valence-electron chi connectivity index (χ2n) is 9.01. The second-order valence-corrected chi connectivity index (χ2v) is 9.01. The van der Waals surface area contributed by atoms with Gasteiger partial charge in [-0.15, -0.1) is 0 Å². The normalized spacial score (nSPS) is 11.5. The molecule has 2 rings (SSSR count). The highest BCUT2D eigenvalue weighted by Gasteiger charge is 2.18. The predicted octanol–water partition coefficient (Wildman–Crippen LogP) is 6.07. The Kier molecular flexibility index (Phi) is 9.98. The Morgan fingerprint density at radius 2 is 1.05 bits per heavy atom. The van der Waals surface area contributed by atoms with Gasteiger partial charge in [0.25, 0.3) is 0 Å². The molecule has 0 aliphatic heterocycles. The highest BCUT2D eigenvalue weighted by molar-refractivity contribution is 5.99. The Morgan fingerprint density at radius 3 is 1.35 bits per heavy atom. The molecule has 0 saturated heterocycles. The molecule has 0 aliphatic rings. The molecular weight excluding hydrogens is 464 g/mol. The van der Waals surface area contributed by atoms with Gasteiger partial charge in [-0.3, -0.25) is 0 Å². The van der Waals surface area contributed by atoms with E-state index in [1.165, 1.54) is 0 Å². The van der Waals surface area contributed by atoms with Crippen molar-refractivity contribution in [3.8, 4) is 12.1 Å². The number of hydrogen-bond donors (Lipinski definition) is 0. The molecule has 0 spiro atoms. The van der Waals surface area contributed by atoms with E-state index in [0.717, 1.165) is 55.6 Å². The number of carbonyl (C=O) groups is 2. The third-order valence-electron chi connectivity index (χ3n) is 6.54. The van der Waals surface area contributed by atoms with Crippen LogP contribution in [0.2, 0.25) is 0 Å². The number of hydrogen-bond acceptors (Lipinski definition) is 6. The first kappa shape index (κ1) is 29.1. The number of nitrogens with zero attached hydrogens (tertiary/aromatic N) is 2. The summed E-state index contributed by atoms with van der Waals surface area (Å²) >= 11 is 0. The molecule has 0 atom stereocenters. The van der Waals surface area contributed by atoms with Crippen LogP contribution in [0.1, 0.15) is 69.5 Å². The Hall–Kier alpha value is -4.16. The van der Waals surface area contributed by atoms with Crippen molar-refractivity contribution in [1.29, 1.82) is 10.5 Å². The fraction of sp³-hybridized carbons (Fsp3) is 0.355. The number of rotatable bonds is 8. The molecule has 0 fully saturated rings. The van der Waals surface area contributed by atoms with Gasteiger partial charge in [0.2, 0.25) is 0 Å². The molecule has 0 saturated carbocycles. The quantitative estimate of drug-likeness (QED) is 0.249. The smallest absolute Gasteiger partial charge is 0.348 e. The molecule has 0 aromatic heterocycles. The molecule has 6 heteroatoms. The minimum absolute atomic E-state index is 0.0408. The van der Waals surface area contributed by atoms with Crippen LogP contribution in [-0.4, -0.2) is 25.2 Å². The van der Waals surface area contributed by atoms with Gasteiger partial charge in [-0.1, -0.05) is 12.1 Å². The fourth-order valence-corrected chi connectivity index (χ4v) is 4.63. The molecule has 0 N–H and O–H groups in total. The minimum atomic E-state index is -0.637. The van der Waals surface area contributed by atoms with Crippen LogP contribution in [-0.2, 0) is 25.5 Å². The van der Waals surface area contributed by atoms with Crippen LogP contribution in [0.15, 0.2) is 23.3 Å². The van der Waals surface area contributed by atoms with E-state index in [-0.39, 0.29) is 24.4 Å². The van der Waals surface area contributed by atoms with Crippen LogP contribution < -0.4 is 0 Å². The van der Waals surface area contributed by atoms with Crippen molar-refractivity contribution >= 4 is 24.1 Å². The molecule has 0 heterocycles. The Labute approximate surface area is 219 Å². The van der Waals surface area contributed by atoms with Gasteiger partial charge in [0.15, 0.2) is 0 Å². The van der Waals surface area contributed by atoms with E-state index in [2.05, 4.69) is 12.1 Å². The maximum Gasteiger partial charge on any atom is 0.348 e. The maximum absolute atomic E-state index is 12.2. The van der Waals surface area contributed by atoms with Crippen LogP contribution in [0, 0.1) is 64.2 Å². The van der Waals surface area contributed by atoms with Crippen LogP contribution in [0.4, 0.5) is 0 Å². The standard InChI is InChI=1S/C31H34N2O4/c1-9-36-30(34)24(16-32)13-26-18(3)11-20(5)28(22(26)7)15-29-21(6)12-19(4)27(23(29)8)14-25(17-33)31(35)37-10-2/h11-14H,9-10,15H2,1-8H3/b24-13-,25-14+. The zero-order valence-corrected chi connectivity index (χ0v) is 23.0. The lowest BCUT2D eigenvalue weighted by Gasteiger charge is -2.20. The third-order valence-corrected chi connectivity index (χ3v) is 6.54. The van der Waals surface area contributed by atoms with Gasteiger partial charge in [-0.05, 0) is 130 Å². The average molecular weight is 499 g/mol. The number of benzene rings is 2. The number of carbonyl (C=O) groups excluding carboxylic acids is 2. The summed E-state index contributed by atoms with van der Waals surface area (Å²) in [6.45, 7) is 15.8. The van der Waals surface area contributed by atoms with E-state index in [1.54, 1.807) is 26.0 Å². The van der Waals surface area contributed by atoms with Crippen molar-refractivity contribution in [3.63, 3.8) is 0 Å². The maximum atomic E-state index is 12.2. The highest BCUT2D eigenvalue weighted by atomic mass is 16.5. The zero-order valence-electron chi connectivity index (χ0n) is 23.0. The number of nitriles is 2. The summed E-state index contributed by atoms with van der Waals surface area (Å²) < 4.78 is 10.1. The van der Waals surface area contributed by atoms with E-state index in [9.17, 15) is 20.1 Å². The monoisotopic (exact) mass is 498 g/mol. The summed E-state index contributed by atoms with van der Waals surface area (Å²) in [5.41, 5.74) is 9.83. The summed E-state index contributed by atoms with van der Waals surface area (Å²) in [6, 6.07) is 8.04. The molecule has 0 bridgehead atoms. The Morgan fingerprint density at radius 1 is 0.703 bits per heavy atom. The number of ether oxygens (including phenoxy) is 2. The van der Waals surface area contributed by atoms with Crippen LogP contribution in [0.3, 0.4) is 0 Å². The third kappa shape index (κ3) is 6.54. The number of esters is 2. The van der Waals surface area contributed by atoms with Crippen molar-refractivity contribution in [2.24, 2.45) is 0 Å². The summed E-state index contributed by atoms with van der Waals surface area (Å²) in [6.07, 6.45) is 3.82. The van der Waals surface area contributed by atoms with E-state index in [1.807, 2.05) is 53.7 Å². The summed E-state index contributed by atoms with van der Waals surface area (Å²) in [4.78, 5) is 24.5. The van der Waals surface area contributed by atoms with Crippen LogP contribution in [0.5, 0.6) is 0 Å². The SMILES string of the molecule is CCOC(=O)/C(C#N)=C\c1c(C)cc(C)c(Cc2c(C)cc(C)c(/C=C(\C#N)C(=O)OCC)c2C)c1C. The largest absolute Gasteiger partial charge is 0.462 e. The van der Waals surface area contributed by atoms with Crippen LogP contribution in [0.25, 0.3) is 12.2 Å². The molecule has 0 amide bonds. The zero-order chi connectivity index (χ0) is 27.9. The van der Waals surface area contributed by atoms with Crippen molar-refractivity contribution in [1.82, 2.24) is 0 Å². The predicted molar refractivity (Wildman–Crippen MR) is 145 cm³/mol. The molecule has 192 valence electrons. The van der Waals surface area contributed by atoms with Crippen molar-refractivity contribution in [3.05, 3.63) is 78.9 Å². The van der Waals surface area contributed by atoms with Gasteiger partial charge < -0.3 is 9.47 Å². The molecule has 2 aromatic rings. The topological polar surface area (TPSA) is 100 Å². The van der Waals surface area contributed by atoms with Gasteiger partial charge in [-0.25, -0.2) is 9.59 Å². The van der Waals surface area contributed by atoms with Gasteiger partial charge >= 0.3 is 11.9 Å². The molecule has 6 nitrogen and oxygen atoms in total. The fourth-order valence-electron chi connectivity index (χ4n) is 4.63. The lowest BCUT2D eigenvalue weighted by Crippen LogP contribution is -2.09. The molecular formula is C31H34N2O4. The van der Waals surface area contributed by atoms with Gasteiger partial charge in [0.1, 0.15) is 23.3 Å². The number of aryl methyl sites for hydroxylation is 4. The van der Waals surface area contributed by atoms with Gasteiger partial charge in [0, 0.05) is 0 Å². The van der Waals surface area contributed by atoms with Gasteiger partial charge in [-0.2, -0.15) is 10.5 Å². The first-order chi connectivity index (χ1) is 17.5. The highest BCUT2D eigenvalue weighted by Crippen LogP contribution is 2.31. The summed E-state index contributed by atoms with van der Waals surface area (Å²) in [5.74, 6) is -1.27. The lowest BCUT2D eigenvalue weighted by atomic mass is 9.84. The molecule has 0 aliphatic carbocycles. The first-order valence-electron chi connectivity index (χ1n) is 12.3. The van der Waals surface area contributed by atoms with Crippen molar-refractivity contribution in [2.75, 3.05) is 13.2 Å². The van der Waals surface area contributed by atoms with Crippen molar-refractivity contribution < 1.29 is 19.1 Å². The van der Waals surface area contributed by atoms with E-state index >= 15 is 0 Å². The van der Waals surface area contributed by atoms with Crippen molar-refractivity contribution in [2.45, 2.75) is 61.8 Å². The molecule has 37 heavy (non-hydrogen) atoms. The average Bonchev–Trinajstić information content (AvgIpc) is 2.83.